The minimum absolute atomic E-state index is 0.0419. The molecule has 1 unspecified atom stereocenters. The molecular formula is C16H23NO3. The molecule has 1 atom stereocenters. The van der Waals surface area contributed by atoms with Crippen LogP contribution in [0.1, 0.15) is 49.0 Å². The average Bonchev–Trinajstić information content (AvgIpc) is 2.44. The van der Waals surface area contributed by atoms with Gasteiger partial charge in [0.1, 0.15) is 0 Å². The minimum atomic E-state index is -0.927. The summed E-state index contributed by atoms with van der Waals surface area (Å²) >= 11 is 0. The lowest BCUT2D eigenvalue weighted by Crippen LogP contribution is -2.30. The standard InChI is InChI=1S/C16H23NO3/c1-3-4-6-12(2)15(18)17-10-9-13-7-5-8-14(11-13)16(19)20/h5,7-8,11-12H,3-4,6,9-10H2,1-2H3,(H,17,18)(H,19,20). The van der Waals surface area contributed by atoms with E-state index in [2.05, 4.69) is 12.2 Å². The van der Waals surface area contributed by atoms with E-state index in [9.17, 15) is 9.59 Å². The minimum Gasteiger partial charge on any atom is -0.478 e. The highest BCUT2D eigenvalue weighted by molar-refractivity contribution is 5.87. The van der Waals surface area contributed by atoms with Crippen LogP contribution in [0.4, 0.5) is 0 Å². The second-order valence-electron chi connectivity index (χ2n) is 5.09. The summed E-state index contributed by atoms with van der Waals surface area (Å²) in [6.45, 7) is 4.59. The quantitative estimate of drug-likeness (QED) is 0.768. The molecule has 4 heteroatoms. The van der Waals surface area contributed by atoms with Crippen LogP contribution >= 0.6 is 0 Å². The number of aromatic carboxylic acids is 1. The van der Waals surface area contributed by atoms with Crippen molar-refractivity contribution in [2.75, 3.05) is 6.54 Å². The fourth-order valence-electron chi connectivity index (χ4n) is 2.01. The molecule has 1 amide bonds. The second-order valence-corrected chi connectivity index (χ2v) is 5.09. The molecule has 0 aromatic heterocycles. The first kappa shape index (κ1) is 16.2. The van der Waals surface area contributed by atoms with E-state index in [1.54, 1.807) is 18.2 Å². The molecule has 0 fully saturated rings. The molecule has 0 bridgehead atoms. The van der Waals surface area contributed by atoms with Crippen molar-refractivity contribution in [1.82, 2.24) is 5.32 Å². The van der Waals surface area contributed by atoms with E-state index < -0.39 is 5.97 Å². The van der Waals surface area contributed by atoms with Crippen LogP contribution in [0, 0.1) is 5.92 Å². The lowest BCUT2D eigenvalue weighted by Gasteiger charge is -2.11. The molecule has 0 spiro atoms. The number of carbonyl (C=O) groups is 2. The van der Waals surface area contributed by atoms with Crippen LogP contribution in [0.3, 0.4) is 0 Å². The Morgan fingerprint density at radius 1 is 1.35 bits per heavy atom. The molecule has 1 aromatic rings. The van der Waals surface area contributed by atoms with Gasteiger partial charge in [0, 0.05) is 12.5 Å². The summed E-state index contributed by atoms with van der Waals surface area (Å²) in [6.07, 6.45) is 3.72. The Morgan fingerprint density at radius 2 is 2.10 bits per heavy atom. The third-order valence-corrected chi connectivity index (χ3v) is 3.33. The van der Waals surface area contributed by atoms with Gasteiger partial charge in [-0.3, -0.25) is 4.79 Å². The number of amides is 1. The van der Waals surface area contributed by atoms with E-state index >= 15 is 0 Å². The Balaban J connectivity index is 2.38. The molecular weight excluding hydrogens is 254 g/mol. The van der Waals surface area contributed by atoms with E-state index in [1.807, 2.05) is 13.0 Å². The highest BCUT2D eigenvalue weighted by Gasteiger charge is 2.11. The van der Waals surface area contributed by atoms with Gasteiger partial charge in [0.2, 0.25) is 5.91 Å². The van der Waals surface area contributed by atoms with Gasteiger partial charge in [-0.1, -0.05) is 38.8 Å². The van der Waals surface area contributed by atoms with Gasteiger partial charge in [0.05, 0.1) is 5.56 Å². The van der Waals surface area contributed by atoms with Crippen LogP contribution in [0.25, 0.3) is 0 Å². The molecule has 2 N–H and O–H groups in total. The third kappa shape index (κ3) is 5.43. The molecule has 0 aliphatic heterocycles. The van der Waals surface area contributed by atoms with Crippen molar-refractivity contribution >= 4 is 11.9 Å². The average molecular weight is 277 g/mol. The molecule has 4 nitrogen and oxygen atoms in total. The third-order valence-electron chi connectivity index (χ3n) is 3.33. The van der Waals surface area contributed by atoms with E-state index in [1.165, 1.54) is 0 Å². The van der Waals surface area contributed by atoms with Crippen molar-refractivity contribution in [3.8, 4) is 0 Å². The zero-order valence-electron chi connectivity index (χ0n) is 12.2. The molecule has 0 heterocycles. The second kappa shape index (κ2) is 8.35. The van der Waals surface area contributed by atoms with Gasteiger partial charge < -0.3 is 10.4 Å². The van der Waals surface area contributed by atoms with Gasteiger partial charge >= 0.3 is 5.97 Å². The number of carboxylic acids is 1. The summed E-state index contributed by atoms with van der Waals surface area (Å²) < 4.78 is 0. The first-order valence-corrected chi connectivity index (χ1v) is 7.14. The monoisotopic (exact) mass is 277 g/mol. The zero-order chi connectivity index (χ0) is 15.0. The normalized spacial score (nSPS) is 11.9. The molecule has 0 saturated heterocycles. The highest BCUT2D eigenvalue weighted by atomic mass is 16.4. The number of benzene rings is 1. The summed E-state index contributed by atoms with van der Waals surface area (Å²) in [5, 5.41) is 11.8. The van der Waals surface area contributed by atoms with Gasteiger partial charge in [-0.15, -0.1) is 0 Å². The SMILES string of the molecule is CCCCC(C)C(=O)NCCc1cccc(C(=O)O)c1. The van der Waals surface area contributed by atoms with Crippen LogP contribution in [-0.4, -0.2) is 23.5 Å². The highest BCUT2D eigenvalue weighted by Crippen LogP contribution is 2.08. The van der Waals surface area contributed by atoms with Gasteiger partial charge in [-0.25, -0.2) is 4.79 Å². The first-order chi connectivity index (χ1) is 9.54. The maximum atomic E-state index is 11.8. The molecule has 0 aliphatic rings. The molecule has 110 valence electrons. The van der Waals surface area contributed by atoms with Gasteiger partial charge in [0.25, 0.3) is 0 Å². The van der Waals surface area contributed by atoms with Crippen molar-refractivity contribution in [2.45, 2.75) is 39.5 Å². The van der Waals surface area contributed by atoms with Crippen LogP contribution in [-0.2, 0) is 11.2 Å². The van der Waals surface area contributed by atoms with Crippen molar-refractivity contribution in [1.29, 1.82) is 0 Å². The van der Waals surface area contributed by atoms with Crippen molar-refractivity contribution in [3.05, 3.63) is 35.4 Å². The van der Waals surface area contributed by atoms with Gasteiger partial charge in [-0.2, -0.15) is 0 Å². The Labute approximate surface area is 120 Å². The fraction of sp³-hybridized carbons (Fsp3) is 0.500. The van der Waals surface area contributed by atoms with Crippen molar-refractivity contribution < 1.29 is 14.7 Å². The van der Waals surface area contributed by atoms with Crippen LogP contribution in [0.5, 0.6) is 0 Å². The van der Waals surface area contributed by atoms with E-state index in [-0.39, 0.29) is 17.4 Å². The van der Waals surface area contributed by atoms with E-state index in [0.29, 0.717) is 13.0 Å². The molecule has 0 saturated carbocycles. The molecule has 1 aromatic carbocycles. The lowest BCUT2D eigenvalue weighted by molar-refractivity contribution is -0.124. The maximum Gasteiger partial charge on any atom is 0.335 e. The summed E-state index contributed by atoms with van der Waals surface area (Å²) in [5.74, 6) is -0.808. The van der Waals surface area contributed by atoms with E-state index in [4.69, 9.17) is 5.11 Å². The number of carbonyl (C=O) groups excluding carboxylic acids is 1. The number of unbranched alkanes of at least 4 members (excludes halogenated alkanes) is 1. The number of carboxylic acid groups (broad SMARTS) is 1. The van der Waals surface area contributed by atoms with Crippen LogP contribution < -0.4 is 5.32 Å². The number of hydrogen-bond acceptors (Lipinski definition) is 2. The summed E-state index contributed by atoms with van der Waals surface area (Å²) in [7, 11) is 0. The maximum absolute atomic E-state index is 11.8. The Morgan fingerprint density at radius 3 is 2.75 bits per heavy atom. The Bertz CT molecular complexity index is 457. The summed E-state index contributed by atoms with van der Waals surface area (Å²) in [4.78, 5) is 22.7. The number of rotatable bonds is 8. The van der Waals surface area contributed by atoms with Gasteiger partial charge in [-0.05, 0) is 30.5 Å². The molecule has 0 aliphatic carbocycles. The fourth-order valence-corrected chi connectivity index (χ4v) is 2.01. The van der Waals surface area contributed by atoms with E-state index in [0.717, 1.165) is 24.8 Å². The Kier molecular flexibility index (Phi) is 6.77. The van der Waals surface area contributed by atoms with Gasteiger partial charge in [0.15, 0.2) is 0 Å². The smallest absolute Gasteiger partial charge is 0.335 e. The zero-order valence-corrected chi connectivity index (χ0v) is 12.2. The number of hydrogen-bond donors (Lipinski definition) is 2. The van der Waals surface area contributed by atoms with Crippen LogP contribution in [0.2, 0.25) is 0 Å². The first-order valence-electron chi connectivity index (χ1n) is 7.14. The predicted molar refractivity (Wildman–Crippen MR) is 78.8 cm³/mol. The number of nitrogens with one attached hydrogen (secondary N) is 1. The molecule has 0 radical (unpaired) electrons. The lowest BCUT2D eigenvalue weighted by atomic mass is 10.0. The largest absolute Gasteiger partial charge is 0.478 e. The van der Waals surface area contributed by atoms with Crippen molar-refractivity contribution in [2.24, 2.45) is 5.92 Å². The van der Waals surface area contributed by atoms with Crippen molar-refractivity contribution in [3.63, 3.8) is 0 Å². The van der Waals surface area contributed by atoms with Crippen LogP contribution in [0.15, 0.2) is 24.3 Å². The Hall–Kier alpha value is -1.84. The molecule has 20 heavy (non-hydrogen) atoms. The predicted octanol–water partition coefficient (Wildman–Crippen LogP) is 2.87. The molecule has 1 rings (SSSR count). The topological polar surface area (TPSA) is 66.4 Å². The summed E-state index contributed by atoms with van der Waals surface area (Å²) in [5.41, 5.74) is 1.21. The summed E-state index contributed by atoms with van der Waals surface area (Å²) in [6, 6.07) is 6.82.